The third kappa shape index (κ3) is 5.50. The quantitative estimate of drug-likeness (QED) is 0.426. The van der Waals surface area contributed by atoms with Crippen LogP contribution in [0.3, 0.4) is 0 Å². The molecule has 0 fully saturated rings. The van der Waals surface area contributed by atoms with E-state index in [0.717, 1.165) is 27.6 Å². The average molecular weight is 479 g/mol. The summed E-state index contributed by atoms with van der Waals surface area (Å²) in [6.07, 6.45) is 5.83. The van der Waals surface area contributed by atoms with E-state index in [4.69, 9.17) is 16.3 Å². The minimum atomic E-state index is -4.08. The van der Waals surface area contributed by atoms with E-state index in [-0.39, 0.29) is 18.0 Å². The van der Waals surface area contributed by atoms with E-state index in [2.05, 4.69) is 6.08 Å². The first kappa shape index (κ1) is 24.3. The molecule has 32 heavy (non-hydrogen) atoms. The molecule has 2 N–H and O–H groups in total. The highest BCUT2D eigenvalue weighted by molar-refractivity contribution is 7.89. The normalized spacial score (nSPS) is 14.3. The minimum Gasteiger partial charge on any atom is -0.492 e. The van der Waals surface area contributed by atoms with Crippen LogP contribution in [0.25, 0.3) is 12.2 Å². The zero-order valence-corrected chi connectivity index (χ0v) is 19.6. The molecule has 1 aliphatic rings. The number of amides is 1. The summed E-state index contributed by atoms with van der Waals surface area (Å²) in [7, 11) is -4.08. The Balaban J connectivity index is 1.96. The highest BCUT2D eigenvalue weighted by Gasteiger charge is 2.37. The van der Waals surface area contributed by atoms with E-state index < -0.39 is 27.9 Å². The Bertz CT molecular complexity index is 1200. The number of hydroxylamine groups is 1. The summed E-state index contributed by atoms with van der Waals surface area (Å²) in [5.41, 5.74) is 1.60. The van der Waals surface area contributed by atoms with Crippen LogP contribution in [0.1, 0.15) is 26.7 Å². The topological polar surface area (TPSA) is 95.9 Å². The van der Waals surface area contributed by atoms with Crippen LogP contribution in [0.15, 0.2) is 47.4 Å². The molecule has 0 saturated heterocycles. The maximum Gasteiger partial charge on any atom is 0.262 e. The number of rotatable bonds is 9. The summed E-state index contributed by atoms with van der Waals surface area (Å²) in [5, 5.41) is 11.6. The molecule has 0 aromatic heterocycles. The first-order valence-corrected chi connectivity index (χ1v) is 12.2. The molecule has 0 aliphatic heterocycles. The van der Waals surface area contributed by atoms with Gasteiger partial charge in [-0.25, -0.2) is 13.9 Å². The van der Waals surface area contributed by atoms with Crippen molar-refractivity contribution in [2.45, 2.75) is 37.6 Å². The molecule has 0 heterocycles. The van der Waals surface area contributed by atoms with Gasteiger partial charge in [-0.15, -0.1) is 0 Å². The minimum absolute atomic E-state index is 0.00759. The largest absolute Gasteiger partial charge is 0.492 e. The Kier molecular flexibility index (Phi) is 7.95. The van der Waals surface area contributed by atoms with Crippen molar-refractivity contribution in [3.05, 3.63) is 57.9 Å². The summed E-state index contributed by atoms with van der Waals surface area (Å²) in [4.78, 5) is 12.5. The number of carbonyl (C=O) groups excluding carboxylic acids is 1. The number of nitrogens with one attached hydrogen (secondary N) is 1. The zero-order valence-electron chi connectivity index (χ0n) is 18.0. The van der Waals surface area contributed by atoms with Crippen LogP contribution in [0.2, 0.25) is 5.02 Å². The third-order valence-electron chi connectivity index (χ3n) is 5.26. The predicted molar refractivity (Wildman–Crippen MR) is 123 cm³/mol. The van der Waals surface area contributed by atoms with Crippen molar-refractivity contribution in [3.8, 4) is 5.75 Å². The smallest absolute Gasteiger partial charge is 0.262 e. The summed E-state index contributed by atoms with van der Waals surface area (Å²) in [6, 6.07) is 10.6. The number of sulfonamides is 1. The van der Waals surface area contributed by atoms with Gasteiger partial charge in [0.2, 0.25) is 10.0 Å². The lowest BCUT2D eigenvalue weighted by atomic mass is 10.0. The van der Waals surface area contributed by atoms with Gasteiger partial charge in [0, 0.05) is 11.6 Å². The molecule has 1 amide bonds. The Morgan fingerprint density at radius 1 is 1.16 bits per heavy atom. The Morgan fingerprint density at radius 3 is 2.53 bits per heavy atom. The second-order valence-corrected chi connectivity index (χ2v) is 10.2. The highest BCUT2D eigenvalue weighted by Crippen LogP contribution is 2.22. The SMILES string of the molecule is CC(C)[C@H](C(=O)NO)N(CCOc1cccc(Cl)c1)S(=O)(=O)c1ccc2c(c1)=CCCC=2. The van der Waals surface area contributed by atoms with Gasteiger partial charge in [-0.1, -0.05) is 49.7 Å². The fraction of sp³-hybridized carbons (Fsp3) is 0.348. The summed E-state index contributed by atoms with van der Waals surface area (Å²) >= 11 is 5.98. The second-order valence-electron chi connectivity index (χ2n) is 7.86. The Morgan fingerprint density at radius 2 is 1.88 bits per heavy atom. The van der Waals surface area contributed by atoms with Crippen molar-refractivity contribution in [3.63, 3.8) is 0 Å². The number of hydrogen-bond donors (Lipinski definition) is 2. The van der Waals surface area contributed by atoms with Crippen molar-refractivity contribution >= 4 is 39.7 Å². The van der Waals surface area contributed by atoms with E-state index in [1.165, 1.54) is 0 Å². The molecular weight excluding hydrogens is 452 g/mol. The lowest BCUT2D eigenvalue weighted by molar-refractivity contribution is -0.134. The van der Waals surface area contributed by atoms with Gasteiger partial charge in [0.25, 0.3) is 5.91 Å². The molecule has 0 saturated carbocycles. The van der Waals surface area contributed by atoms with Gasteiger partial charge in [0.15, 0.2) is 0 Å². The van der Waals surface area contributed by atoms with Crippen molar-refractivity contribution < 1.29 is 23.2 Å². The van der Waals surface area contributed by atoms with E-state index >= 15 is 0 Å². The fourth-order valence-electron chi connectivity index (χ4n) is 3.74. The molecule has 3 rings (SSSR count). The predicted octanol–water partition coefficient (Wildman–Crippen LogP) is 2.29. The van der Waals surface area contributed by atoms with Gasteiger partial charge in [0.1, 0.15) is 18.4 Å². The molecule has 0 unspecified atom stereocenters. The lowest BCUT2D eigenvalue weighted by Gasteiger charge is -2.31. The molecule has 2 aromatic carbocycles. The van der Waals surface area contributed by atoms with Crippen molar-refractivity contribution in [1.29, 1.82) is 0 Å². The van der Waals surface area contributed by atoms with Crippen LogP contribution in [-0.2, 0) is 14.8 Å². The standard InChI is InChI=1S/C23H27ClN2O5S/c1-16(2)22(23(27)25-28)26(12-13-31-20-9-5-8-19(24)15-20)32(29,30)21-11-10-17-6-3-4-7-18(17)14-21/h5-11,14-16,22,28H,3-4,12-13H2,1-2H3,(H,25,27)/t22-/m1/s1. The zero-order chi connectivity index (χ0) is 23.3. The molecule has 0 bridgehead atoms. The van der Waals surface area contributed by atoms with Crippen LogP contribution in [0.4, 0.5) is 0 Å². The summed E-state index contributed by atoms with van der Waals surface area (Å²) in [6.45, 7) is 3.33. The highest BCUT2D eigenvalue weighted by atomic mass is 35.5. The molecule has 7 nitrogen and oxygen atoms in total. The molecule has 1 atom stereocenters. The van der Waals surface area contributed by atoms with Gasteiger partial charge in [0.05, 0.1) is 4.90 Å². The first-order chi connectivity index (χ1) is 15.2. The Hall–Kier alpha value is -2.39. The van der Waals surface area contributed by atoms with E-state index in [9.17, 15) is 18.4 Å². The molecule has 172 valence electrons. The molecular formula is C23H27ClN2O5S. The number of fused-ring (bicyclic) bond motifs is 1. The van der Waals surface area contributed by atoms with Crippen LogP contribution in [-0.4, -0.2) is 43.0 Å². The van der Waals surface area contributed by atoms with Gasteiger partial charge < -0.3 is 4.74 Å². The van der Waals surface area contributed by atoms with Crippen LogP contribution < -0.4 is 20.7 Å². The molecule has 9 heteroatoms. The van der Waals surface area contributed by atoms with Crippen LogP contribution in [0, 0.1) is 5.92 Å². The molecule has 1 aliphatic carbocycles. The average Bonchev–Trinajstić information content (AvgIpc) is 2.77. The van der Waals surface area contributed by atoms with Crippen LogP contribution in [0.5, 0.6) is 5.75 Å². The van der Waals surface area contributed by atoms with Gasteiger partial charge in [-0.2, -0.15) is 4.31 Å². The van der Waals surface area contributed by atoms with Gasteiger partial charge in [-0.3, -0.25) is 10.0 Å². The number of carbonyl (C=O) groups is 1. The van der Waals surface area contributed by atoms with Crippen molar-refractivity contribution in [2.24, 2.45) is 5.92 Å². The fourth-order valence-corrected chi connectivity index (χ4v) is 5.66. The lowest BCUT2D eigenvalue weighted by Crippen LogP contribution is -2.53. The van der Waals surface area contributed by atoms with Crippen molar-refractivity contribution in [1.82, 2.24) is 9.79 Å². The van der Waals surface area contributed by atoms with E-state index in [0.29, 0.717) is 10.8 Å². The molecule has 0 radical (unpaired) electrons. The number of halogens is 1. The van der Waals surface area contributed by atoms with E-state index in [1.54, 1.807) is 61.8 Å². The van der Waals surface area contributed by atoms with Crippen molar-refractivity contribution in [2.75, 3.05) is 13.2 Å². The number of hydrogen-bond acceptors (Lipinski definition) is 5. The maximum absolute atomic E-state index is 13.6. The molecule has 0 spiro atoms. The number of ether oxygens (including phenoxy) is 1. The third-order valence-corrected chi connectivity index (χ3v) is 7.37. The summed E-state index contributed by atoms with van der Waals surface area (Å²) < 4.78 is 34.1. The van der Waals surface area contributed by atoms with E-state index in [1.807, 2.05) is 6.08 Å². The second kappa shape index (κ2) is 10.5. The first-order valence-electron chi connectivity index (χ1n) is 10.4. The molecule has 2 aromatic rings. The van der Waals surface area contributed by atoms with Gasteiger partial charge >= 0.3 is 0 Å². The number of nitrogens with zero attached hydrogens (tertiary/aromatic N) is 1. The Labute approximate surface area is 193 Å². The number of benzene rings is 2. The van der Waals surface area contributed by atoms with Crippen LogP contribution >= 0.6 is 11.6 Å². The van der Waals surface area contributed by atoms with Gasteiger partial charge in [-0.05, 0) is 59.5 Å². The maximum atomic E-state index is 13.6. The monoisotopic (exact) mass is 478 g/mol. The summed E-state index contributed by atoms with van der Waals surface area (Å²) in [5.74, 6) is -0.716.